The average Bonchev–Trinajstić information content (AvgIpc) is 2.21. The Kier molecular flexibility index (Phi) is 6.96. The van der Waals surface area contributed by atoms with Crippen molar-refractivity contribution in [3.8, 4) is 0 Å². The Bertz CT molecular complexity index is 168. The van der Waals surface area contributed by atoms with E-state index in [2.05, 4.69) is 5.32 Å². The molecule has 96 valence electrons. The van der Waals surface area contributed by atoms with E-state index in [9.17, 15) is 0 Å². The molecule has 1 fully saturated rings. The van der Waals surface area contributed by atoms with Crippen molar-refractivity contribution in [1.29, 1.82) is 0 Å². The minimum Gasteiger partial charge on any atom is -0.385 e. The van der Waals surface area contributed by atoms with E-state index in [-0.39, 0.29) is 6.04 Å². The molecule has 4 heteroatoms. The van der Waals surface area contributed by atoms with Crippen LogP contribution in [-0.2, 0) is 9.47 Å². The van der Waals surface area contributed by atoms with Gasteiger partial charge < -0.3 is 20.5 Å². The van der Waals surface area contributed by atoms with Gasteiger partial charge >= 0.3 is 0 Å². The first kappa shape index (κ1) is 13.9. The lowest BCUT2D eigenvalue weighted by Crippen LogP contribution is -2.49. The van der Waals surface area contributed by atoms with Gasteiger partial charge in [-0.25, -0.2) is 0 Å². The molecule has 1 aliphatic rings. The molecule has 1 rings (SSSR count). The zero-order valence-electron chi connectivity index (χ0n) is 10.6. The minimum absolute atomic E-state index is 0.251. The Morgan fingerprint density at radius 2 is 2.19 bits per heavy atom. The van der Waals surface area contributed by atoms with Gasteiger partial charge in [-0.3, -0.25) is 0 Å². The van der Waals surface area contributed by atoms with Crippen LogP contribution in [0.25, 0.3) is 0 Å². The second-order valence-corrected chi connectivity index (χ2v) is 4.55. The number of rotatable bonds is 9. The summed E-state index contributed by atoms with van der Waals surface area (Å²) < 4.78 is 10.5. The van der Waals surface area contributed by atoms with Crippen molar-refractivity contribution < 1.29 is 9.47 Å². The van der Waals surface area contributed by atoms with Crippen LogP contribution in [0, 0.1) is 0 Å². The summed E-state index contributed by atoms with van der Waals surface area (Å²) in [6, 6.07) is 0.867. The second-order valence-electron chi connectivity index (χ2n) is 4.55. The fraction of sp³-hybridized carbons (Fsp3) is 1.00. The minimum atomic E-state index is 0.251. The molecule has 0 radical (unpaired) electrons. The predicted molar refractivity (Wildman–Crippen MR) is 65.5 cm³/mol. The van der Waals surface area contributed by atoms with Crippen LogP contribution in [0.5, 0.6) is 0 Å². The molecule has 0 spiro atoms. The van der Waals surface area contributed by atoms with E-state index < -0.39 is 0 Å². The fourth-order valence-electron chi connectivity index (χ4n) is 2.01. The topological polar surface area (TPSA) is 56.5 Å². The van der Waals surface area contributed by atoms with Crippen molar-refractivity contribution in [2.24, 2.45) is 5.73 Å². The van der Waals surface area contributed by atoms with Gasteiger partial charge in [-0.1, -0.05) is 0 Å². The third-order valence-corrected chi connectivity index (χ3v) is 3.09. The van der Waals surface area contributed by atoms with Gasteiger partial charge in [0.05, 0.1) is 6.10 Å². The van der Waals surface area contributed by atoms with Crippen molar-refractivity contribution >= 4 is 0 Å². The molecular formula is C12H26N2O2. The number of nitrogens with two attached hydrogens (primary N) is 1. The third-order valence-electron chi connectivity index (χ3n) is 3.09. The van der Waals surface area contributed by atoms with Crippen LogP contribution in [0.2, 0.25) is 0 Å². The van der Waals surface area contributed by atoms with E-state index in [4.69, 9.17) is 15.2 Å². The van der Waals surface area contributed by atoms with Crippen LogP contribution in [0.15, 0.2) is 0 Å². The monoisotopic (exact) mass is 230 g/mol. The normalized spacial score (nSPS) is 26.4. The first-order valence-electron chi connectivity index (χ1n) is 6.35. The molecule has 0 saturated heterocycles. The maximum absolute atomic E-state index is 5.99. The van der Waals surface area contributed by atoms with Gasteiger partial charge in [0.15, 0.2) is 0 Å². The molecule has 1 unspecified atom stereocenters. The summed E-state index contributed by atoms with van der Waals surface area (Å²) in [4.78, 5) is 0. The van der Waals surface area contributed by atoms with Gasteiger partial charge in [-0.2, -0.15) is 0 Å². The summed E-state index contributed by atoms with van der Waals surface area (Å²) in [5.41, 5.74) is 5.99. The largest absolute Gasteiger partial charge is 0.385 e. The maximum Gasteiger partial charge on any atom is 0.0604 e. The SMILES string of the molecule is CCOC1CC(NCC(N)CCCOC)C1. The molecule has 3 N–H and O–H groups in total. The van der Waals surface area contributed by atoms with Crippen LogP contribution < -0.4 is 11.1 Å². The molecular weight excluding hydrogens is 204 g/mol. The average molecular weight is 230 g/mol. The highest BCUT2D eigenvalue weighted by Gasteiger charge is 2.29. The number of hydrogen-bond donors (Lipinski definition) is 2. The zero-order chi connectivity index (χ0) is 11.8. The van der Waals surface area contributed by atoms with Crippen molar-refractivity contribution in [2.45, 2.75) is 50.8 Å². The molecule has 0 aromatic carbocycles. The van der Waals surface area contributed by atoms with Crippen LogP contribution in [0.4, 0.5) is 0 Å². The Morgan fingerprint density at radius 3 is 2.81 bits per heavy atom. The number of hydrogen-bond acceptors (Lipinski definition) is 4. The first-order chi connectivity index (χ1) is 7.76. The number of methoxy groups -OCH3 is 1. The van der Waals surface area contributed by atoms with Crippen LogP contribution in [0.3, 0.4) is 0 Å². The van der Waals surface area contributed by atoms with E-state index in [0.29, 0.717) is 12.1 Å². The smallest absolute Gasteiger partial charge is 0.0604 e. The van der Waals surface area contributed by atoms with E-state index >= 15 is 0 Å². The van der Waals surface area contributed by atoms with Gasteiger partial charge in [0.2, 0.25) is 0 Å². The molecule has 0 aromatic heterocycles. The summed E-state index contributed by atoms with van der Waals surface area (Å²) >= 11 is 0. The van der Waals surface area contributed by atoms with E-state index in [1.165, 1.54) is 0 Å². The number of nitrogens with one attached hydrogen (secondary N) is 1. The fourth-order valence-corrected chi connectivity index (χ4v) is 2.01. The molecule has 16 heavy (non-hydrogen) atoms. The summed E-state index contributed by atoms with van der Waals surface area (Å²) in [5, 5.41) is 3.49. The lowest BCUT2D eigenvalue weighted by molar-refractivity contribution is -0.0100. The zero-order valence-corrected chi connectivity index (χ0v) is 10.6. The highest BCUT2D eigenvalue weighted by molar-refractivity contribution is 4.86. The summed E-state index contributed by atoms with van der Waals surface area (Å²) in [6.07, 6.45) is 4.83. The van der Waals surface area contributed by atoms with Crippen molar-refractivity contribution in [2.75, 3.05) is 26.9 Å². The number of ether oxygens (including phenoxy) is 2. The summed E-state index contributed by atoms with van der Waals surface area (Å²) in [6.45, 7) is 4.59. The van der Waals surface area contributed by atoms with Crippen LogP contribution in [0.1, 0.15) is 32.6 Å². The molecule has 0 aromatic rings. The highest BCUT2D eigenvalue weighted by atomic mass is 16.5. The van der Waals surface area contributed by atoms with Gasteiger partial charge in [-0.15, -0.1) is 0 Å². The first-order valence-corrected chi connectivity index (χ1v) is 6.35. The lowest BCUT2D eigenvalue weighted by Gasteiger charge is -2.36. The lowest BCUT2D eigenvalue weighted by atomic mass is 9.89. The van der Waals surface area contributed by atoms with Gasteiger partial charge in [-0.05, 0) is 32.6 Å². The molecule has 4 nitrogen and oxygen atoms in total. The standard InChI is InChI=1S/C12H26N2O2/c1-3-16-12-7-11(8-12)14-9-10(13)5-4-6-15-2/h10-12,14H,3-9,13H2,1-2H3. The van der Waals surface area contributed by atoms with Gasteiger partial charge in [0, 0.05) is 39.0 Å². The molecule has 1 saturated carbocycles. The second kappa shape index (κ2) is 8.01. The van der Waals surface area contributed by atoms with Crippen LogP contribution >= 0.6 is 0 Å². The molecule has 0 aliphatic heterocycles. The van der Waals surface area contributed by atoms with Crippen molar-refractivity contribution in [3.63, 3.8) is 0 Å². The molecule has 1 aliphatic carbocycles. The quantitative estimate of drug-likeness (QED) is 0.578. The highest BCUT2D eigenvalue weighted by Crippen LogP contribution is 2.22. The van der Waals surface area contributed by atoms with Crippen molar-refractivity contribution in [3.05, 3.63) is 0 Å². The Labute approximate surface area is 98.9 Å². The van der Waals surface area contributed by atoms with E-state index in [1.807, 2.05) is 6.92 Å². The maximum atomic E-state index is 5.99. The Balaban J connectivity index is 1.91. The van der Waals surface area contributed by atoms with Crippen molar-refractivity contribution in [1.82, 2.24) is 5.32 Å². The molecule has 0 amide bonds. The van der Waals surface area contributed by atoms with Gasteiger partial charge in [0.1, 0.15) is 0 Å². The van der Waals surface area contributed by atoms with Crippen LogP contribution in [-0.4, -0.2) is 45.1 Å². The molecule has 0 heterocycles. The predicted octanol–water partition coefficient (Wildman–Crippen LogP) is 0.897. The van der Waals surface area contributed by atoms with Gasteiger partial charge in [0.25, 0.3) is 0 Å². The third kappa shape index (κ3) is 5.25. The Morgan fingerprint density at radius 1 is 1.44 bits per heavy atom. The summed E-state index contributed by atoms with van der Waals surface area (Å²) in [7, 11) is 1.73. The Hall–Kier alpha value is -0.160. The van der Waals surface area contributed by atoms with E-state index in [0.717, 1.165) is 45.4 Å². The van der Waals surface area contributed by atoms with E-state index in [1.54, 1.807) is 7.11 Å². The molecule has 0 bridgehead atoms. The summed E-state index contributed by atoms with van der Waals surface area (Å²) in [5.74, 6) is 0. The molecule has 1 atom stereocenters.